The van der Waals surface area contributed by atoms with E-state index in [4.69, 9.17) is 15.6 Å². The summed E-state index contributed by atoms with van der Waals surface area (Å²) in [5, 5.41) is 9.00. The molecule has 16 heavy (non-hydrogen) atoms. The fourth-order valence-electron chi connectivity index (χ4n) is 1.21. The number of carboxylic acid groups (broad SMARTS) is 1. The van der Waals surface area contributed by atoms with Gasteiger partial charge in [-0.2, -0.15) is 0 Å². The first-order valence-electron chi connectivity index (χ1n) is 5.27. The third-order valence-electron chi connectivity index (χ3n) is 2.28. The van der Waals surface area contributed by atoms with Crippen molar-refractivity contribution >= 4 is 11.9 Å². The SMILES string of the molecule is CC(N)C(C)C(C(=O)O)C(=O)OC(C)(C)C. The van der Waals surface area contributed by atoms with Gasteiger partial charge in [0.25, 0.3) is 0 Å². The lowest BCUT2D eigenvalue weighted by molar-refractivity contribution is -0.169. The van der Waals surface area contributed by atoms with Crippen molar-refractivity contribution in [2.24, 2.45) is 17.6 Å². The van der Waals surface area contributed by atoms with Gasteiger partial charge in [-0.25, -0.2) is 0 Å². The molecule has 94 valence electrons. The van der Waals surface area contributed by atoms with Crippen LogP contribution < -0.4 is 5.73 Å². The minimum atomic E-state index is -1.21. The third-order valence-corrected chi connectivity index (χ3v) is 2.28. The summed E-state index contributed by atoms with van der Waals surface area (Å²) in [6.45, 7) is 8.39. The van der Waals surface area contributed by atoms with Gasteiger partial charge in [0.2, 0.25) is 0 Å². The largest absolute Gasteiger partial charge is 0.481 e. The molecular weight excluding hydrogens is 210 g/mol. The van der Waals surface area contributed by atoms with E-state index in [-0.39, 0.29) is 6.04 Å². The monoisotopic (exact) mass is 231 g/mol. The first kappa shape index (κ1) is 14.9. The molecule has 3 N–H and O–H groups in total. The smallest absolute Gasteiger partial charge is 0.321 e. The number of aliphatic carboxylic acids is 1. The highest BCUT2D eigenvalue weighted by molar-refractivity contribution is 5.94. The Hall–Kier alpha value is -1.10. The number of rotatable bonds is 4. The van der Waals surface area contributed by atoms with E-state index in [1.54, 1.807) is 34.6 Å². The molecule has 0 aromatic rings. The second kappa shape index (κ2) is 5.30. The third kappa shape index (κ3) is 4.61. The van der Waals surface area contributed by atoms with Gasteiger partial charge in [0, 0.05) is 6.04 Å². The Kier molecular flexibility index (Phi) is 4.93. The van der Waals surface area contributed by atoms with Gasteiger partial charge in [0.05, 0.1) is 0 Å². The maximum absolute atomic E-state index is 11.7. The fourth-order valence-corrected chi connectivity index (χ4v) is 1.21. The van der Waals surface area contributed by atoms with E-state index in [1.165, 1.54) is 0 Å². The molecule has 0 aromatic heterocycles. The van der Waals surface area contributed by atoms with Crippen LogP contribution in [0, 0.1) is 11.8 Å². The van der Waals surface area contributed by atoms with Crippen molar-refractivity contribution in [2.45, 2.75) is 46.3 Å². The Labute approximate surface area is 96.0 Å². The van der Waals surface area contributed by atoms with Crippen LogP contribution in [0.25, 0.3) is 0 Å². The van der Waals surface area contributed by atoms with E-state index in [2.05, 4.69) is 0 Å². The highest BCUT2D eigenvalue weighted by Crippen LogP contribution is 2.20. The molecule has 0 fully saturated rings. The molecule has 0 aromatic carbocycles. The topological polar surface area (TPSA) is 89.6 Å². The van der Waals surface area contributed by atoms with E-state index in [1.807, 2.05) is 0 Å². The van der Waals surface area contributed by atoms with Crippen LogP contribution in [0.15, 0.2) is 0 Å². The van der Waals surface area contributed by atoms with Gasteiger partial charge in [-0.15, -0.1) is 0 Å². The highest BCUT2D eigenvalue weighted by Gasteiger charge is 2.37. The summed E-state index contributed by atoms with van der Waals surface area (Å²) in [5.41, 5.74) is 4.91. The summed E-state index contributed by atoms with van der Waals surface area (Å²) in [6, 6.07) is -0.381. The van der Waals surface area contributed by atoms with Crippen molar-refractivity contribution in [3.63, 3.8) is 0 Å². The molecule has 3 atom stereocenters. The predicted octanol–water partition coefficient (Wildman–Crippen LogP) is 1.01. The summed E-state index contributed by atoms with van der Waals surface area (Å²) in [4.78, 5) is 22.7. The summed E-state index contributed by atoms with van der Waals surface area (Å²) >= 11 is 0. The van der Waals surface area contributed by atoms with Gasteiger partial charge in [-0.3, -0.25) is 9.59 Å². The average molecular weight is 231 g/mol. The molecule has 0 saturated heterocycles. The molecule has 0 radical (unpaired) electrons. The van der Waals surface area contributed by atoms with E-state index in [9.17, 15) is 9.59 Å². The van der Waals surface area contributed by atoms with Crippen molar-refractivity contribution in [3.8, 4) is 0 Å². The van der Waals surface area contributed by atoms with Crippen LogP contribution in [0.4, 0.5) is 0 Å². The molecule has 0 spiro atoms. The zero-order valence-electron chi connectivity index (χ0n) is 10.5. The number of carboxylic acids is 1. The standard InChI is InChI=1S/C11H21NO4/c1-6(7(2)12)8(9(13)14)10(15)16-11(3,4)5/h6-8H,12H2,1-5H3,(H,13,14). The van der Waals surface area contributed by atoms with Gasteiger partial charge >= 0.3 is 11.9 Å². The molecule has 0 bridgehead atoms. The lowest BCUT2D eigenvalue weighted by Crippen LogP contribution is -2.42. The van der Waals surface area contributed by atoms with E-state index in [0.717, 1.165) is 0 Å². The number of carbonyl (C=O) groups excluding carboxylic acids is 1. The molecule has 5 nitrogen and oxygen atoms in total. The van der Waals surface area contributed by atoms with Crippen LogP contribution >= 0.6 is 0 Å². The molecule has 0 heterocycles. The quantitative estimate of drug-likeness (QED) is 0.556. The van der Waals surface area contributed by atoms with Crippen molar-refractivity contribution in [3.05, 3.63) is 0 Å². The lowest BCUT2D eigenvalue weighted by atomic mass is 9.88. The normalized spacial score (nSPS) is 17.4. The van der Waals surface area contributed by atoms with E-state index >= 15 is 0 Å². The second-order valence-electron chi connectivity index (χ2n) is 5.07. The Morgan fingerprint density at radius 2 is 1.69 bits per heavy atom. The molecule has 0 rings (SSSR count). The highest BCUT2D eigenvalue weighted by atomic mass is 16.6. The first-order chi connectivity index (χ1) is 7.06. The lowest BCUT2D eigenvalue weighted by Gasteiger charge is -2.26. The molecule has 0 aliphatic heterocycles. The van der Waals surface area contributed by atoms with Crippen LogP contribution in [0.2, 0.25) is 0 Å². The predicted molar refractivity (Wildman–Crippen MR) is 59.8 cm³/mol. The number of nitrogens with two attached hydrogens (primary N) is 1. The summed E-state index contributed by atoms with van der Waals surface area (Å²) in [5.74, 6) is -3.60. The van der Waals surface area contributed by atoms with Gasteiger partial charge in [0.15, 0.2) is 5.92 Å². The van der Waals surface area contributed by atoms with Crippen molar-refractivity contribution in [2.75, 3.05) is 0 Å². The number of hydrogen-bond donors (Lipinski definition) is 2. The van der Waals surface area contributed by atoms with Crippen LogP contribution in [-0.2, 0) is 14.3 Å². The Morgan fingerprint density at radius 1 is 1.25 bits per heavy atom. The molecule has 0 amide bonds. The van der Waals surface area contributed by atoms with Gasteiger partial charge < -0.3 is 15.6 Å². The average Bonchev–Trinajstić information content (AvgIpc) is 1.99. The Morgan fingerprint density at radius 3 is 1.94 bits per heavy atom. The van der Waals surface area contributed by atoms with Crippen molar-refractivity contribution in [1.29, 1.82) is 0 Å². The molecular formula is C11H21NO4. The first-order valence-corrected chi connectivity index (χ1v) is 5.27. The maximum atomic E-state index is 11.7. The molecule has 0 aliphatic rings. The van der Waals surface area contributed by atoms with E-state index in [0.29, 0.717) is 0 Å². The van der Waals surface area contributed by atoms with Gasteiger partial charge in [0.1, 0.15) is 5.60 Å². The van der Waals surface area contributed by atoms with Crippen molar-refractivity contribution < 1.29 is 19.4 Å². The molecule has 0 saturated carbocycles. The second-order valence-corrected chi connectivity index (χ2v) is 5.07. The van der Waals surface area contributed by atoms with E-state index < -0.39 is 29.4 Å². The fraction of sp³-hybridized carbons (Fsp3) is 0.818. The van der Waals surface area contributed by atoms with Crippen LogP contribution in [0.3, 0.4) is 0 Å². The number of hydrogen-bond acceptors (Lipinski definition) is 4. The molecule has 3 unspecified atom stereocenters. The molecule has 0 aliphatic carbocycles. The summed E-state index contributed by atoms with van der Waals surface area (Å²) < 4.78 is 5.06. The minimum absolute atomic E-state index is 0.381. The number of ether oxygens (including phenoxy) is 1. The maximum Gasteiger partial charge on any atom is 0.321 e. The Bertz CT molecular complexity index is 268. The van der Waals surface area contributed by atoms with Gasteiger partial charge in [-0.1, -0.05) is 6.92 Å². The van der Waals surface area contributed by atoms with Crippen molar-refractivity contribution in [1.82, 2.24) is 0 Å². The van der Waals surface area contributed by atoms with Crippen LogP contribution in [0.1, 0.15) is 34.6 Å². The van der Waals surface area contributed by atoms with Gasteiger partial charge in [-0.05, 0) is 33.6 Å². The van der Waals surface area contributed by atoms with Crippen LogP contribution in [0.5, 0.6) is 0 Å². The zero-order chi connectivity index (χ0) is 13.1. The number of carbonyl (C=O) groups is 2. The summed E-state index contributed by atoms with van der Waals surface area (Å²) in [6.07, 6.45) is 0. The van der Waals surface area contributed by atoms with Crippen LogP contribution in [-0.4, -0.2) is 28.7 Å². The zero-order valence-corrected chi connectivity index (χ0v) is 10.5. The molecule has 5 heteroatoms. The number of esters is 1. The summed E-state index contributed by atoms with van der Waals surface area (Å²) in [7, 11) is 0. The Balaban J connectivity index is 4.81. The minimum Gasteiger partial charge on any atom is -0.481 e.